The predicted octanol–water partition coefficient (Wildman–Crippen LogP) is 5.24. The number of hydrogen-bond donors (Lipinski definition) is 1. The second kappa shape index (κ2) is 11.0. The summed E-state index contributed by atoms with van der Waals surface area (Å²) in [5.74, 6) is -0.0435. The number of carbonyl (C=O) groups excluding carboxylic acids is 3. The van der Waals surface area contributed by atoms with Crippen LogP contribution in [-0.4, -0.2) is 43.4 Å². The minimum atomic E-state index is -0.582. The van der Waals surface area contributed by atoms with E-state index in [1.54, 1.807) is 33.2 Å². The van der Waals surface area contributed by atoms with E-state index in [0.29, 0.717) is 22.6 Å². The van der Waals surface area contributed by atoms with Crippen molar-refractivity contribution in [2.45, 2.75) is 46.1 Å². The topological polar surface area (TPSA) is 98.1 Å². The van der Waals surface area contributed by atoms with Crippen LogP contribution in [0.2, 0.25) is 0 Å². The summed E-state index contributed by atoms with van der Waals surface area (Å²) >= 11 is 1.04. The summed E-state index contributed by atoms with van der Waals surface area (Å²) in [6, 6.07) is 9.34. The first-order valence-corrected chi connectivity index (χ1v) is 12.8. The normalized spacial score (nSPS) is 12.2. The summed E-state index contributed by atoms with van der Waals surface area (Å²) in [7, 11) is 3.26. The highest BCUT2D eigenvalue weighted by molar-refractivity contribution is 7.18. The van der Waals surface area contributed by atoms with Crippen LogP contribution in [0.3, 0.4) is 0 Å². The molecule has 0 fully saturated rings. The maximum Gasteiger partial charge on any atom is 0.341 e. The van der Waals surface area contributed by atoms with Crippen LogP contribution < -0.4 is 10.1 Å². The first kappa shape index (κ1) is 25.5. The molecule has 0 aliphatic heterocycles. The van der Waals surface area contributed by atoms with Crippen molar-refractivity contribution < 1.29 is 28.3 Å². The highest BCUT2D eigenvalue weighted by atomic mass is 32.1. The number of nitrogens with zero attached hydrogens (tertiary/aromatic N) is 1. The van der Waals surface area contributed by atoms with Gasteiger partial charge in [-0.2, -0.15) is 0 Å². The van der Waals surface area contributed by atoms with Crippen molar-refractivity contribution in [1.82, 2.24) is 4.90 Å². The molecular formula is C27H30N2O6S. The molecule has 190 valence electrons. The third-order valence-corrected chi connectivity index (χ3v) is 7.15. The Bertz CT molecular complexity index is 1290. The number of ether oxygens (including phenoxy) is 2. The highest BCUT2D eigenvalue weighted by Gasteiger charge is 2.28. The molecule has 1 aliphatic carbocycles. The fourth-order valence-corrected chi connectivity index (χ4v) is 5.27. The zero-order chi connectivity index (χ0) is 25.8. The fraction of sp³-hybridized carbons (Fsp3) is 0.370. The molecule has 3 aromatic rings. The summed E-state index contributed by atoms with van der Waals surface area (Å²) in [5, 5.41) is 2.97. The van der Waals surface area contributed by atoms with E-state index in [9.17, 15) is 14.4 Å². The fourth-order valence-electron chi connectivity index (χ4n) is 4.06. The lowest BCUT2D eigenvalue weighted by Gasteiger charge is -2.09. The molecule has 1 aliphatic rings. The van der Waals surface area contributed by atoms with E-state index in [4.69, 9.17) is 13.9 Å². The monoisotopic (exact) mass is 510 g/mol. The smallest absolute Gasteiger partial charge is 0.341 e. The minimum Gasteiger partial charge on any atom is -0.486 e. The maximum atomic E-state index is 13.0. The van der Waals surface area contributed by atoms with Crippen molar-refractivity contribution in [3.8, 4) is 5.75 Å². The molecular weight excluding hydrogens is 480 g/mol. The van der Waals surface area contributed by atoms with Crippen LogP contribution in [0.25, 0.3) is 0 Å². The first-order chi connectivity index (χ1) is 17.3. The van der Waals surface area contributed by atoms with E-state index < -0.39 is 11.9 Å². The number of carbonyl (C=O) groups is 3. The average molecular weight is 511 g/mol. The van der Waals surface area contributed by atoms with E-state index in [1.165, 1.54) is 22.4 Å². The number of benzene rings is 1. The highest BCUT2D eigenvalue weighted by Crippen LogP contribution is 2.35. The SMILES string of the molecule is CCCOC(=O)c1c(NC(=O)c2ccc(COc3ccc4c(c3)CCC4)o2)sc(C(=O)N(C)C)c1C. The van der Waals surface area contributed by atoms with Crippen LogP contribution in [0, 0.1) is 6.92 Å². The molecule has 1 aromatic carbocycles. The second-order valence-electron chi connectivity index (χ2n) is 8.89. The lowest BCUT2D eigenvalue weighted by molar-refractivity contribution is 0.0506. The Labute approximate surface area is 214 Å². The van der Waals surface area contributed by atoms with Gasteiger partial charge in [0, 0.05) is 14.1 Å². The Morgan fingerprint density at radius 2 is 1.89 bits per heavy atom. The van der Waals surface area contributed by atoms with Gasteiger partial charge in [-0.1, -0.05) is 13.0 Å². The molecule has 0 unspecified atom stereocenters. The van der Waals surface area contributed by atoms with Gasteiger partial charge in [-0.05, 0) is 73.6 Å². The van der Waals surface area contributed by atoms with Gasteiger partial charge in [0.15, 0.2) is 5.76 Å². The van der Waals surface area contributed by atoms with E-state index in [2.05, 4.69) is 17.4 Å². The van der Waals surface area contributed by atoms with Crippen molar-refractivity contribution in [2.75, 3.05) is 26.0 Å². The lowest BCUT2D eigenvalue weighted by Crippen LogP contribution is -2.21. The van der Waals surface area contributed by atoms with Crippen LogP contribution in [0.15, 0.2) is 34.7 Å². The van der Waals surface area contributed by atoms with Gasteiger partial charge in [-0.15, -0.1) is 11.3 Å². The van der Waals surface area contributed by atoms with Gasteiger partial charge in [0.25, 0.3) is 11.8 Å². The first-order valence-electron chi connectivity index (χ1n) is 11.9. The lowest BCUT2D eigenvalue weighted by atomic mass is 10.1. The number of aryl methyl sites for hydroxylation is 2. The number of rotatable bonds is 9. The summed E-state index contributed by atoms with van der Waals surface area (Å²) in [6.07, 6.45) is 4.00. The van der Waals surface area contributed by atoms with E-state index in [0.717, 1.165) is 29.9 Å². The van der Waals surface area contributed by atoms with Crippen molar-refractivity contribution in [2.24, 2.45) is 0 Å². The summed E-state index contributed by atoms with van der Waals surface area (Å²) < 4.78 is 16.9. The molecule has 2 heterocycles. The largest absolute Gasteiger partial charge is 0.486 e. The molecule has 0 spiro atoms. The van der Waals surface area contributed by atoms with E-state index in [1.807, 2.05) is 13.0 Å². The zero-order valence-corrected chi connectivity index (χ0v) is 21.8. The molecule has 0 saturated carbocycles. The molecule has 2 aromatic heterocycles. The van der Waals surface area contributed by atoms with Crippen LogP contribution in [0.1, 0.15) is 72.8 Å². The Morgan fingerprint density at radius 1 is 1.11 bits per heavy atom. The summed E-state index contributed by atoms with van der Waals surface area (Å²) in [6.45, 7) is 3.98. The van der Waals surface area contributed by atoms with Crippen LogP contribution >= 0.6 is 11.3 Å². The molecule has 0 atom stereocenters. The molecule has 36 heavy (non-hydrogen) atoms. The zero-order valence-electron chi connectivity index (χ0n) is 20.9. The number of esters is 1. The number of nitrogens with one attached hydrogen (secondary N) is 1. The van der Waals surface area contributed by atoms with Gasteiger partial charge in [-0.25, -0.2) is 4.79 Å². The standard InChI is InChI=1S/C27H30N2O6S/c1-5-13-33-27(32)22-16(2)23(26(31)29(3)4)36-25(22)28-24(30)21-12-11-20(35-21)15-34-19-10-9-17-7-6-8-18(17)14-19/h9-12,14H,5-8,13,15H2,1-4H3,(H,28,30). The molecule has 4 rings (SSSR count). The van der Waals surface area contributed by atoms with Crippen LogP contribution in [0.4, 0.5) is 5.00 Å². The van der Waals surface area contributed by atoms with E-state index in [-0.39, 0.29) is 35.4 Å². The molecule has 0 radical (unpaired) electrons. The Kier molecular flexibility index (Phi) is 7.79. The van der Waals surface area contributed by atoms with Gasteiger partial charge >= 0.3 is 5.97 Å². The van der Waals surface area contributed by atoms with Crippen LogP contribution in [-0.2, 0) is 24.2 Å². The molecule has 0 saturated heterocycles. The molecule has 8 nitrogen and oxygen atoms in total. The number of amides is 2. The van der Waals surface area contributed by atoms with Crippen LogP contribution in [0.5, 0.6) is 5.75 Å². The number of anilines is 1. The third-order valence-electron chi connectivity index (χ3n) is 5.95. The summed E-state index contributed by atoms with van der Waals surface area (Å²) in [4.78, 5) is 40.1. The molecule has 0 bridgehead atoms. The van der Waals surface area contributed by atoms with E-state index >= 15 is 0 Å². The predicted molar refractivity (Wildman–Crippen MR) is 137 cm³/mol. The van der Waals surface area contributed by atoms with Gasteiger partial charge in [0.05, 0.1) is 17.0 Å². The number of thiophene rings is 1. The number of hydrogen-bond acceptors (Lipinski definition) is 7. The molecule has 2 amide bonds. The molecule has 9 heteroatoms. The molecule has 1 N–H and O–H groups in total. The summed E-state index contributed by atoms with van der Waals surface area (Å²) in [5.41, 5.74) is 3.34. The van der Waals surface area contributed by atoms with Gasteiger partial charge in [0.1, 0.15) is 23.1 Å². The number of fused-ring (bicyclic) bond motifs is 1. The maximum absolute atomic E-state index is 13.0. The van der Waals surface area contributed by atoms with Gasteiger partial charge < -0.3 is 24.1 Å². The Balaban J connectivity index is 1.48. The Hall–Kier alpha value is -3.59. The van der Waals surface area contributed by atoms with Gasteiger partial charge in [-0.3, -0.25) is 9.59 Å². The van der Waals surface area contributed by atoms with Gasteiger partial charge in [0.2, 0.25) is 0 Å². The van der Waals surface area contributed by atoms with Crippen molar-refractivity contribution in [1.29, 1.82) is 0 Å². The number of furan rings is 1. The second-order valence-corrected chi connectivity index (χ2v) is 9.91. The average Bonchev–Trinajstić information content (AvgIpc) is 3.59. The van der Waals surface area contributed by atoms with Crippen molar-refractivity contribution in [3.63, 3.8) is 0 Å². The minimum absolute atomic E-state index is 0.0713. The third kappa shape index (κ3) is 5.46. The van der Waals surface area contributed by atoms with Crippen molar-refractivity contribution in [3.05, 3.63) is 69.0 Å². The quantitative estimate of drug-likeness (QED) is 0.396. The van der Waals surface area contributed by atoms with Crippen molar-refractivity contribution >= 4 is 34.1 Å². The Morgan fingerprint density at radius 3 is 2.64 bits per heavy atom.